The van der Waals surface area contributed by atoms with Crippen LogP contribution in [0.25, 0.3) is 5.69 Å². The van der Waals surface area contributed by atoms with Gasteiger partial charge in [-0.05, 0) is 37.5 Å². The van der Waals surface area contributed by atoms with Crippen molar-refractivity contribution in [3.63, 3.8) is 0 Å². The lowest BCUT2D eigenvalue weighted by Gasteiger charge is -2.02. The van der Waals surface area contributed by atoms with E-state index in [0.717, 1.165) is 18.3 Å². The Kier molecular flexibility index (Phi) is 2.69. The lowest BCUT2D eigenvalue weighted by molar-refractivity contribution is 0.687. The third-order valence-corrected chi connectivity index (χ3v) is 3.07. The van der Waals surface area contributed by atoms with E-state index < -0.39 is 0 Å². The number of benzene rings is 1. The van der Waals surface area contributed by atoms with Crippen LogP contribution in [0.15, 0.2) is 36.7 Å². The van der Waals surface area contributed by atoms with E-state index in [9.17, 15) is 0 Å². The first-order valence-corrected chi connectivity index (χ1v) is 6.15. The third kappa shape index (κ3) is 2.56. The summed E-state index contributed by atoms with van der Waals surface area (Å²) in [5.74, 6) is 0. The molecule has 1 N–H and O–H groups in total. The molecule has 0 aliphatic heterocycles. The molecule has 0 saturated heterocycles. The lowest BCUT2D eigenvalue weighted by Crippen LogP contribution is -2.14. The molecule has 3 rings (SSSR count). The fourth-order valence-electron chi connectivity index (χ4n) is 1.91. The molecule has 0 amide bonds. The fourth-order valence-corrected chi connectivity index (χ4v) is 1.91. The van der Waals surface area contributed by atoms with E-state index >= 15 is 0 Å². The predicted octanol–water partition coefficient (Wildman–Crippen LogP) is 2.43. The number of nitrogens with one attached hydrogen (secondary N) is 1. The van der Waals surface area contributed by atoms with Crippen LogP contribution >= 0.6 is 0 Å². The second-order valence-electron chi connectivity index (χ2n) is 4.79. The van der Waals surface area contributed by atoms with Gasteiger partial charge in [0.05, 0.1) is 11.9 Å². The van der Waals surface area contributed by atoms with Gasteiger partial charge in [-0.2, -0.15) is 5.10 Å². The molecule has 1 aromatic heterocycles. The van der Waals surface area contributed by atoms with Gasteiger partial charge in [-0.15, -0.1) is 0 Å². The molecule has 1 aliphatic rings. The average molecular weight is 227 g/mol. The van der Waals surface area contributed by atoms with E-state index in [1.807, 2.05) is 10.9 Å². The number of nitrogens with zero attached hydrogens (tertiary/aromatic N) is 2. The van der Waals surface area contributed by atoms with E-state index in [-0.39, 0.29) is 0 Å². The SMILES string of the molecule is Cc1cccc(-n2cc(CNC3CC3)cn2)c1. The van der Waals surface area contributed by atoms with Gasteiger partial charge in [-0.25, -0.2) is 4.68 Å². The van der Waals surface area contributed by atoms with Gasteiger partial charge in [-0.3, -0.25) is 0 Å². The molecule has 1 fully saturated rings. The summed E-state index contributed by atoms with van der Waals surface area (Å²) in [4.78, 5) is 0. The average Bonchev–Trinajstić information content (AvgIpc) is 3.04. The van der Waals surface area contributed by atoms with Gasteiger partial charge < -0.3 is 5.32 Å². The van der Waals surface area contributed by atoms with Crippen LogP contribution in [0, 0.1) is 6.92 Å². The molecule has 1 aromatic carbocycles. The van der Waals surface area contributed by atoms with Crippen LogP contribution in [0.3, 0.4) is 0 Å². The maximum atomic E-state index is 4.40. The van der Waals surface area contributed by atoms with Gasteiger partial charge >= 0.3 is 0 Å². The summed E-state index contributed by atoms with van der Waals surface area (Å²) in [7, 11) is 0. The van der Waals surface area contributed by atoms with Crippen LogP contribution in [-0.2, 0) is 6.54 Å². The molecule has 1 saturated carbocycles. The van der Waals surface area contributed by atoms with Gasteiger partial charge in [0, 0.05) is 24.3 Å². The van der Waals surface area contributed by atoms with Crippen molar-refractivity contribution in [2.75, 3.05) is 0 Å². The monoisotopic (exact) mass is 227 g/mol. The second kappa shape index (κ2) is 4.34. The zero-order chi connectivity index (χ0) is 11.7. The van der Waals surface area contributed by atoms with E-state index in [2.05, 4.69) is 47.8 Å². The summed E-state index contributed by atoms with van der Waals surface area (Å²) in [6.45, 7) is 3.03. The van der Waals surface area contributed by atoms with E-state index in [4.69, 9.17) is 0 Å². The first-order chi connectivity index (χ1) is 8.31. The highest BCUT2D eigenvalue weighted by molar-refractivity contribution is 5.35. The molecule has 0 atom stereocenters. The maximum Gasteiger partial charge on any atom is 0.0648 e. The van der Waals surface area contributed by atoms with Crippen LogP contribution in [0.1, 0.15) is 24.0 Å². The Bertz CT molecular complexity index is 512. The third-order valence-electron chi connectivity index (χ3n) is 3.07. The molecule has 88 valence electrons. The lowest BCUT2D eigenvalue weighted by atomic mass is 10.2. The molecule has 2 aromatic rings. The number of hydrogen-bond donors (Lipinski definition) is 1. The van der Waals surface area contributed by atoms with Gasteiger partial charge in [0.25, 0.3) is 0 Å². The molecule has 0 unspecified atom stereocenters. The van der Waals surface area contributed by atoms with Gasteiger partial charge in [0.1, 0.15) is 0 Å². The Morgan fingerprint density at radius 1 is 1.41 bits per heavy atom. The van der Waals surface area contributed by atoms with Gasteiger partial charge in [-0.1, -0.05) is 12.1 Å². The Morgan fingerprint density at radius 3 is 3.06 bits per heavy atom. The molecule has 0 radical (unpaired) electrons. The van der Waals surface area contributed by atoms with Gasteiger partial charge in [0.2, 0.25) is 0 Å². The van der Waals surface area contributed by atoms with Crippen molar-refractivity contribution in [1.82, 2.24) is 15.1 Å². The second-order valence-corrected chi connectivity index (χ2v) is 4.79. The topological polar surface area (TPSA) is 29.9 Å². The fraction of sp³-hybridized carbons (Fsp3) is 0.357. The standard InChI is InChI=1S/C14H17N3/c1-11-3-2-4-14(7-11)17-10-12(9-16-17)8-15-13-5-6-13/h2-4,7,9-10,13,15H,5-6,8H2,1H3. The Balaban J connectivity index is 1.74. The summed E-state index contributed by atoms with van der Waals surface area (Å²) < 4.78 is 1.94. The van der Waals surface area contributed by atoms with E-state index in [1.54, 1.807) is 0 Å². The van der Waals surface area contributed by atoms with Crippen molar-refractivity contribution in [2.45, 2.75) is 32.4 Å². The Labute approximate surface area is 101 Å². The Hall–Kier alpha value is -1.61. The van der Waals surface area contributed by atoms with E-state index in [1.165, 1.54) is 24.0 Å². The smallest absolute Gasteiger partial charge is 0.0648 e. The minimum absolute atomic E-state index is 0.748. The molecular weight excluding hydrogens is 210 g/mol. The molecule has 3 heteroatoms. The van der Waals surface area contributed by atoms with Crippen molar-refractivity contribution in [3.05, 3.63) is 47.8 Å². The molecule has 1 heterocycles. The molecule has 0 bridgehead atoms. The normalized spacial score (nSPS) is 15.1. The highest BCUT2D eigenvalue weighted by atomic mass is 15.3. The van der Waals surface area contributed by atoms with Crippen molar-refractivity contribution in [3.8, 4) is 5.69 Å². The predicted molar refractivity (Wildman–Crippen MR) is 68.2 cm³/mol. The summed E-state index contributed by atoms with van der Waals surface area (Å²) in [5.41, 5.74) is 3.64. The highest BCUT2D eigenvalue weighted by Gasteiger charge is 2.20. The van der Waals surface area contributed by atoms with Gasteiger partial charge in [0.15, 0.2) is 0 Å². The molecule has 3 nitrogen and oxygen atoms in total. The van der Waals surface area contributed by atoms with E-state index in [0.29, 0.717) is 0 Å². The maximum absolute atomic E-state index is 4.40. The van der Waals surface area contributed by atoms with Crippen LogP contribution in [-0.4, -0.2) is 15.8 Å². The number of rotatable bonds is 4. The zero-order valence-corrected chi connectivity index (χ0v) is 10.1. The van der Waals surface area contributed by atoms with Crippen molar-refractivity contribution >= 4 is 0 Å². The van der Waals surface area contributed by atoms with Crippen molar-refractivity contribution in [1.29, 1.82) is 0 Å². The molecule has 17 heavy (non-hydrogen) atoms. The van der Waals surface area contributed by atoms with Crippen molar-refractivity contribution < 1.29 is 0 Å². The quantitative estimate of drug-likeness (QED) is 0.869. The molecular formula is C14H17N3. The number of aromatic nitrogens is 2. The summed E-state index contributed by atoms with van der Waals surface area (Å²) >= 11 is 0. The number of aryl methyl sites for hydroxylation is 1. The molecule has 0 spiro atoms. The van der Waals surface area contributed by atoms with Crippen LogP contribution in [0.4, 0.5) is 0 Å². The Morgan fingerprint density at radius 2 is 2.29 bits per heavy atom. The first kappa shape index (κ1) is 10.5. The largest absolute Gasteiger partial charge is 0.310 e. The number of hydrogen-bond acceptors (Lipinski definition) is 2. The highest BCUT2D eigenvalue weighted by Crippen LogP contribution is 2.19. The first-order valence-electron chi connectivity index (χ1n) is 6.15. The summed E-state index contributed by atoms with van der Waals surface area (Å²) in [6.07, 6.45) is 6.69. The minimum Gasteiger partial charge on any atom is -0.310 e. The zero-order valence-electron chi connectivity index (χ0n) is 10.1. The minimum atomic E-state index is 0.748. The molecule has 1 aliphatic carbocycles. The van der Waals surface area contributed by atoms with Crippen LogP contribution in [0.2, 0.25) is 0 Å². The van der Waals surface area contributed by atoms with Crippen molar-refractivity contribution in [2.24, 2.45) is 0 Å². The summed E-state index contributed by atoms with van der Waals surface area (Å²) in [5, 5.41) is 7.90. The van der Waals surface area contributed by atoms with Crippen LogP contribution in [0.5, 0.6) is 0 Å². The van der Waals surface area contributed by atoms with Crippen LogP contribution < -0.4 is 5.32 Å². The summed E-state index contributed by atoms with van der Waals surface area (Å²) in [6, 6.07) is 9.14.